The Hall–Kier alpha value is -1.82. The van der Waals surface area contributed by atoms with Gasteiger partial charge in [-0.1, -0.05) is 0 Å². The van der Waals surface area contributed by atoms with Crippen LogP contribution in [-0.2, 0) is 0 Å². The molecule has 1 aromatic carbocycles. The molecule has 1 heterocycles. The summed E-state index contributed by atoms with van der Waals surface area (Å²) in [5.74, 6) is 0.555. The molecule has 6 heteroatoms. The van der Waals surface area contributed by atoms with Gasteiger partial charge in [0.25, 0.3) is 5.69 Å². The zero-order valence-electron chi connectivity index (χ0n) is 12.7. The first-order valence-corrected chi connectivity index (χ1v) is 7.54. The molecule has 21 heavy (non-hydrogen) atoms. The molecule has 1 atom stereocenters. The fourth-order valence-electron chi connectivity index (χ4n) is 2.70. The van der Waals surface area contributed by atoms with Crippen molar-refractivity contribution < 1.29 is 9.66 Å². The molecule has 1 fully saturated rings. The summed E-state index contributed by atoms with van der Waals surface area (Å²) in [4.78, 5) is 12.9. The second-order valence-electron chi connectivity index (χ2n) is 5.21. The third kappa shape index (κ3) is 4.07. The van der Waals surface area contributed by atoms with Gasteiger partial charge in [0.1, 0.15) is 5.75 Å². The van der Waals surface area contributed by atoms with Crippen LogP contribution in [0.1, 0.15) is 26.7 Å². The Morgan fingerprint density at radius 3 is 2.81 bits per heavy atom. The highest BCUT2D eigenvalue weighted by Crippen LogP contribution is 2.29. The van der Waals surface area contributed by atoms with Crippen molar-refractivity contribution in [1.82, 2.24) is 5.32 Å². The minimum Gasteiger partial charge on any atom is -0.494 e. The van der Waals surface area contributed by atoms with E-state index in [1.165, 1.54) is 12.5 Å². The summed E-state index contributed by atoms with van der Waals surface area (Å²) >= 11 is 0. The van der Waals surface area contributed by atoms with Crippen molar-refractivity contribution in [2.24, 2.45) is 0 Å². The molecule has 0 aliphatic carbocycles. The van der Waals surface area contributed by atoms with Crippen LogP contribution in [0.5, 0.6) is 5.75 Å². The van der Waals surface area contributed by atoms with Gasteiger partial charge in [-0.2, -0.15) is 0 Å². The number of ether oxygens (including phenoxy) is 1. The first-order chi connectivity index (χ1) is 10.1. The Morgan fingerprint density at radius 1 is 1.43 bits per heavy atom. The quantitative estimate of drug-likeness (QED) is 0.618. The number of hydrogen-bond donors (Lipinski definition) is 1. The van der Waals surface area contributed by atoms with Gasteiger partial charge >= 0.3 is 0 Å². The van der Waals surface area contributed by atoms with E-state index in [-0.39, 0.29) is 10.6 Å². The van der Waals surface area contributed by atoms with Crippen LogP contribution < -0.4 is 15.0 Å². The van der Waals surface area contributed by atoms with Crippen molar-refractivity contribution in [3.05, 3.63) is 28.3 Å². The lowest BCUT2D eigenvalue weighted by Crippen LogP contribution is -2.37. The topological polar surface area (TPSA) is 67.6 Å². The molecule has 2 rings (SSSR count). The smallest absolute Gasteiger partial charge is 0.275 e. The molecule has 0 spiro atoms. The summed E-state index contributed by atoms with van der Waals surface area (Å²) in [6.07, 6.45) is 2.35. The summed E-state index contributed by atoms with van der Waals surface area (Å²) in [7, 11) is 0. The van der Waals surface area contributed by atoms with Crippen LogP contribution in [0.3, 0.4) is 0 Å². The average molecular weight is 293 g/mol. The second-order valence-corrected chi connectivity index (χ2v) is 5.21. The van der Waals surface area contributed by atoms with E-state index in [9.17, 15) is 10.1 Å². The van der Waals surface area contributed by atoms with E-state index < -0.39 is 0 Å². The molecule has 0 amide bonds. The number of nitrogens with zero attached hydrogens (tertiary/aromatic N) is 2. The molecule has 1 aliphatic rings. The fourth-order valence-corrected chi connectivity index (χ4v) is 2.70. The highest BCUT2D eigenvalue weighted by atomic mass is 16.6. The maximum atomic E-state index is 11.1. The van der Waals surface area contributed by atoms with E-state index in [0.717, 1.165) is 31.7 Å². The van der Waals surface area contributed by atoms with Gasteiger partial charge in [-0.3, -0.25) is 10.1 Å². The number of nitro benzene ring substituents is 1. The van der Waals surface area contributed by atoms with Gasteiger partial charge in [0, 0.05) is 37.0 Å². The van der Waals surface area contributed by atoms with Crippen molar-refractivity contribution in [2.75, 3.05) is 31.1 Å². The standard InChI is InChI=1S/C15H23N3O3/c1-3-17(11-12-6-5-7-16-12)13-8-14(18(19)20)10-15(9-13)21-4-2/h8-10,12,16H,3-7,11H2,1-2H3. The zero-order valence-corrected chi connectivity index (χ0v) is 12.7. The number of likely N-dealkylation sites (N-methyl/N-ethyl adjacent to an activating group) is 1. The van der Waals surface area contributed by atoms with Crippen molar-refractivity contribution in [1.29, 1.82) is 0 Å². The molecule has 1 N–H and O–H groups in total. The normalized spacial score (nSPS) is 17.7. The minimum absolute atomic E-state index is 0.0776. The SMILES string of the molecule is CCOc1cc(N(CC)CC2CCCN2)cc([N+](=O)[O-])c1. The zero-order chi connectivity index (χ0) is 15.2. The third-order valence-electron chi connectivity index (χ3n) is 3.75. The number of nitrogens with one attached hydrogen (secondary N) is 1. The van der Waals surface area contributed by atoms with E-state index in [1.54, 1.807) is 6.07 Å². The van der Waals surface area contributed by atoms with E-state index in [2.05, 4.69) is 17.1 Å². The fraction of sp³-hybridized carbons (Fsp3) is 0.600. The lowest BCUT2D eigenvalue weighted by atomic mass is 10.2. The van der Waals surface area contributed by atoms with Crippen LogP contribution in [-0.4, -0.2) is 37.2 Å². The molecule has 116 valence electrons. The number of anilines is 1. The van der Waals surface area contributed by atoms with E-state index in [0.29, 0.717) is 18.4 Å². The van der Waals surface area contributed by atoms with Crippen LogP contribution >= 0.6 is 0 Å². The second kappa shape index (κ2) is 7.26. The maximum absolute atomic E-state index is 11.1. The molecule has 0 saturated carbocycles. The Balaban J connectivity index is 2.23. The average Bonchev–Trinajstić information content (AvgIpc) is 2.97. The van der Waals surface area contributed by atoms with Crippen molar-refractivity contribution in [3.8, 4) is 5.75 Å². The monoisotopic (exact) mass is 293 g/mol. The minimum atomic E-state index is -0.367. The molecule has 1 saturated heterocycles. The molecule has 1 aromatic rings. The number of benzene rings is 1. The maximum Gasteiger partial charge on any atom is 0.275 e. The number of rotatable bonds is 7. The lowest BCUT2D eigenvalue weighted by molar-refractivity contribution is -0.384. The van der Waals surface area contributed by atoms with Gasteiger partial charge in [-0.25, -0.2) is 0 Å². The van der Waals surface area contributed by atoms with Crippen molar-refractivity contribution >= 4 is 11.4 Å². The van der Waals surface area contributed by atoms with Gasteiger partial charge in [0.2, 0.25) is 0 Å². The molecular weight excluding hydrogens is 270 g/mol. The van der Waals surface area contributed by atoms with Gasteiger partial charge in [-0.15, -0.1) is 0 Å². The van der Waals surface area contributed by atoms with Crippen LogP contribution in [0.15, 0.2) is 18.2 Å². The van der Waals surface area contributed by atoms with Crippen molar-refractivity contribution in [2.45, 2.75) is 32.7 Å². The van der Waals surface area contributed by atoms with Gasteiger partial charge in [0.15, 0.2) is 0 Å². The molecule has 1 unspecified atom stereocenters. The number of non-ortho nitro benzene ring substituents is 1. The highest BCUT2D eigenvalue weighted by Gasteiger charge is 2.19. The summed E-state index contributed by atoms with van der Waals surface area (Å²) in [5.41, 5.74) is 0.928. The van der Waals surface area contributed by atoms with Crippen LogP contribution in [0.25, 0.3) is 0 Å². The predicted molar refractivity (Wildman–Crippen MR) is 83.2 cm³/mol. The largest absolute Gasteiger partial charge is 0.494 e. The van der Waals surface area contributed by atoms with E-state index >= 15 is 0 Å². The number of nitro groups is 1. The Bertz CT molecular complexity index is 487. The third-order valence-corrected chi connectivity index (χ3v) is 3.75. The van der Waals surface area contributed by atoms with Crippen LogP contribution in [0.2, 0.25) is 0 Å². The molecule has 0 bridgehead atoms. The number of hydrogen-bond acceptors (Lipinski definition) is 5. The Kier molecular flexibility index (Phi) is 5.38. The Labute approximate surface area is 125 Å². The van der Waals surface area contributed by atoms with Gasteiger partial charge in [-0.05, 0) is 33.2 Å². The molecular formula is C15H23N3O3. The van der Waals surface area contributed by atoms with Gasteiger partial charge in [0.05, 0.1) is 17.6 Å². The molecule has 6 nitrogen and oxygen atoms in total. The van der Waals surface area contributed by atoms with Crippen molar-refractivity contribution in [3.63, 3.8) is 0 Å². The molecule has 1 aliphatic heterocycles. The van der Waals surface area contributed by atoms with E-state index in [4.69, 9.17) is 4.74 Å². The first kappa shape index (κ1) is 15.6. The highest BCUT2D eigenvalue weighted by molar-refractivity contribution is 5.58. The van der Waals surface area contributed by atoms with Crippen LogP contribution in [0, 0.1) is 10.1 Å². The summed E-state index contributed by atoms with van der Waals surface area (Å²) in [6, 6.07) is 5.45. The Morgan fingerprint density at radius 2 is 2.24 bits per heavy atom. The molecule has 0 radical (unpaired) electrons. The van der Waals surface area contributed by atoms with Gasteiger partial charge < -0.3 is 15.0 Å². The van der Waals surface area contributed by atoms with E-state index in [1.807, 2.05) is 13.0 Å². The summed E-state index contributed by atoms with van der Waals surface area (Å²) < 4.78 is 5.46. The lowest BCUT2D eigenvalue weighted by Gasteiger charge is -2.26. The first-order valence-electron chi connectivity index (χ1n) is 7.54. The van der Waals surface area contributed by atoms with Crippen LogP contribution in [0.4, 0.5) is 11.4 Å². The summed E-state index contributed by atoms with van der Waals surface area (Å²) in [5, 5.41) is 14.5. The summed E-state index contributed by atoms with van der Waals surface area (Å²) in [6.45, 7) is 7.17. The molecule has 0 aromatic heterocycles. The predicted octanol–water partition coefficient (Wildman–Crippen LogP) is 2.57.